The fourth-order valence-electron chi connectivity index (χ4n) is 2.03. The van der Waals surface area contributed by atoms with Crippen LogP contribution in [0.1, 0.15) is 17.0 Å². The second-order valence-corrected chi connectivity index (χ2v) is 5.38. The van der Waals surface area contributed by atoms with Gasteiger partial charge in [0.1, 0.15) is 0 Å². The Labute approximate surface area is 117 Å². The number of thiophene rings is 1. The van der Waals surface area contributed by atoms with Crippen LogP contribution in [0.5, 0.6) is 0 Å². The average molecular weight is 277 g/mol. The van der Waals surface area contributed by atoms with Gasteiger partial charge in [-0.2, -0.15) is 16.3 Å². The SMILES string of the molecule is Cc1cc(C)n(CCNCCc2ccsc2)c(=O)n1. The molecule has 0 saturated heterocycles. The Morgan fingerprint density at radius 1 is 1.37 bits per heavy atom. The predicted molar refractivity (Wildman–Crippen MR) is 78.9 cm³/mol. The second-order valence-electron chi connectivity index (χ2n) is 4.60. The molecule has 0 atom stereocenters. The Bertz CT molecular complexity index is 575. The van der Waals surface area contributed by atoms with Gasteiger partial charge in [-0.05, 0) is 55.3 Å². The normalized spacial score (nSPS) is 10.8. The lowest BCUT2D eigenvalue weighted by Gasteiger charge is -2.10. The fraction of sp³-hybridized carbons (Fsp3) is 0.429. The van der Waals surface area contributed by atoms with E-state index in [1.54, 1.807) is 15.9 Å². The molecule has 0 fully saturated rings. The first-order valence-corrected chi connectivity index (χ1v) is 7.38. The first kappa shape index (κ1) is 14.0. The van der Waals surface area contributed by atoms with Gasteiger partial charge < -0.3 is 5.32 Å². The van der Waals surface area contributed by atoms with Crippen LogP contribution in [-0.4, -0.2) is 22.6 Å². The van der Waals surface area contributed by atoms with Crippen molar-refractivity contribution in [1.29, 1.82) is 0 Å². The van der Waals surface area contributed by atoms with E-state index in [0.717, 1.165) is 30.9 Å². The number of nitrogens with one attached hydrogen (secondary N) is 1. The van der Waals surface area contributed by atoms with Gasteiger partial charge >= 0.3 is 5.69 Å². The first-order chi connectivity index (χ1) is 9.16. The van der Waals surface area contributed by atoms with Crippen LogP contribution in [-0.2, 0) is 13.0 Å². The molecular formula is C14H19N3OS. The van der Waals surface area contributed by atoms with Crippen LogP contribution < -0.4 is 11.0 Å². The standard InChI is InChI=1S/C14H19N3OS/c1-11-9-12(2)17(14(18)16-11)7-6-15-5-3-13-4-8-19-10-13/h4,8-10,15H,3,5-7H2,1-2H3. The molecule has 5 heteroatoms. The van der Waals surface area contributed by atoms with E-state index < -0.39 is 0 Å². The summed E-state index contributed by atoms with van der Waals surface area (Å²) in [5, 5.41) is 7.62. The molecule has 0 saturated carbocycles. The maximum Gasteiger partial charge on any atom is 0.347 e. The van der Waals surface area contributed by atoms with Crippen molar-refractivity contribution in [3.8, 4) is 0 Å². The van der Waals surface area contributed by atoms with Gasteiger partial charge in [0.05, 0.1) is 0 Å². The summed E-state index contributed by atoms with van der Waals surface area (Å²) in [6.45, 7) is 6.18. The molecule has 0 aliphatic rings. The summed E-state index contributed by atoms with van der Waals surface area (Å²) in [5.41, 5.74) is 2.96. The maximum absolute atomic E-state index is 11.7. The van der Waals surface area contributed by atoms with Gasteiger partial charge in [-0.15, -0.1) is 0 Å². The summed E-state index contributed by atoms with van der Waals surface area (Å²) in [7, 11) is 0. The molecule has 4 nitrogen and oxygen atoms in total. The van der Waals surface area contributed by atoms with Crippen LogP contribution in [0.4, 0.5) is 0 Å². The molecule has 0 aromatic carbocycles. The van der Waals surface area contributed by atoms with Gasteiger partial charge in [0.25, 0.3) is 0 Å². The van der Waals surface area contributed by atoms with Gasteiger partial charge in [0.15, 0.2) is 0 Å². The van der Waals surface area contributed by atoms with Crippen LogP contribution >= 0.6 is 11.3 Å². The Kier molecular flexibility index (Phi) is 4.87. The van der Waals surface area contributed by atoms with Gasteiger partial charge in [0.2, 0.25) is 0 Å². The van der Waals surface area contributed by atoms with Crippen molar-refractivity contribution in [2.75, 3.05) is 13.1 Å². The smallest absolute Gasteiger partial charge is 0.315 e. The highest BCUT2D eigenvalue weighted by atomic mass is 32.1. The van der Waals surface area contributed by atoms with E-state index >= 15 is 0 Å². The van der Waals surface area contributed by atoms with E-state index in [1.165, 1.54) is 5.56 Å². The van der Waals surface area contributed by atoms with Gasteiger partial charge in [-0.3, -0.25) is 4.57 Å². The molecule has 2 aromatic heterocycles. The topological polar surface area (TPSA) is 46.9 Å². The van der Waals surface area contributed by atoms with E-state index in [-0.39, 0.29) is 5.69 Å². The highest BCUT2D eigenvalue weighted by Gasteiger charge is 2.02. The summed E-state index contributed by atoms with van der Waals surface area (Å²) in [5.74, 6) is 0. The Morgan fingerprint density at radius 3 is 2.89 bits per heavy atom. The molecule has 2 heterocycles. The molecule has 2 rings (SSSR count). The molecule has 102 valence electrons. The van der Waals surface area contributed by atoms with E-state index in [0.29, 0.717) is 6.54 Å². The Balaban J connectivity index is 1.78. The largest absolute Gasteiger partial charge is 0.347 e. The zero-order valence-corrected chi connectivity index (χ0v) is 12.2. The summed E-state index contributed by atoms with van der Waals surface area (Å²) in [4.78, 5) is 15.7. The minimum absolute atomic E-state index is 0.155. The van der Waals surface area contributed by atoms with Crippen molar-refractivity contribution in [3.63, 3.8) is 0 Å². The zero-order chi connectivity index (χ0) is 13.7. The maximum atomic E-state index is 11.7. The van der Waals surface area contributed by atoms with Gasteiger partial charge in [-0.25, -0.2) is 4.79 Å². The van der Waals surface area contributed by atoms with Crippen molar-refractivity contribution in [2.24, 2.45) is 0 Å². The highest BCUT2D eigenvalue weighted by molar-refractivity contribution is 7.07. The molecule has 0 amide bonds. The Hall–Kier alpha value is -1.46. The fourth-order valence-corrected chi connectivity index (χ4v) is 2.73. The third-order valence-corrected chi connectivity index (χ3v) is 3.76. The van der Waals surface area contributed by atoms with E-state index in [2.05, 4.69) is 27.1 Å². The van der Waals surface area contributed by atoms with Crippen LogP contribution in [0.2, 0.25) is 0 Å². The molecule has 0 unspecified atom stereocenters. The number of hydrogen-bond acceptors (Lipinski definition) is 4. The minimum Gasteiger partial charge on any atom is -0.315 e. The van der Waals surface area contributed by atoms with Crippen molar-refractivity contribution in [1.82, 2.24) is 14.9 Å². The molecule has 1 N–H and O–H groups in total. The van der Waals surface area contributed by atoms with E-state index in [4.69, 9.17) is 0 Å². The van der Waals surface area contributed by atoms with Crippen LogP contribution in [0.3, 0.4) is 0 Å². The van der Waals surface area contributed by atoms with Gasteiger partial charge in [0, 0.05) is 24.5 Å². The van der Waals surface area contributed by atoms with Crippen LogP contribution in [0, 0.1) is 13.8 Å². The molecule has 0 bridgehead atoms. The second kappa shape index (κ2) is 6.63. The number of aryl methyl sites for hydroxylation is 2. The highest BCUT2D eigenvalue weighted by Crippen LogP contribution is 2.05. The number of hydrogen-bond donors (Lipinski definition) is 1. The predicted octanol–water partition coefficient (Wildman–Crippen LogP) is 1.75. The molecule has 19 heavy (non-hydrogen) atoms. The number of nitrogens with zero attached hydrogens (tertiary/aromatic N) is 2. The molecule has 0 aliphatic carbocycles. The van der Waals surface area contributed by atoms with E-state index in [1.807, 2.05) is 19.9 Å². The molecular weight excluding hydrogens is 258 g/mol. The monoisotopic (exact) mass is 277 g/mol. The summed E-state index contributed by atoms with van der Waals surface area (Å²) in [6, 6.07) is 4.08. The van der Waals surface area contributed by atoms with Gasteiger partial charge in [-0.1, -0.05) is 0 Å². The summed E-state index contributed by atoms with van der Waals surface area (Å²) in [6.07, 6.45) is 1.03. The average Bonchev–Trinajstić information content (AvgIpc) is 2.84. The number of rotatable bonds is 6. The summed E-state index contributed by atoms with van der Waals surface area (Å²) < 4.78 is 1.71. The third kappa shape index (κ3) is 4.01. The van der Waals surface area contributed by atoms with Crippen molar-refractivity contribution in [2.45, 2.75) is 26.8 Å². The third-order valence-electron chi connectivity index (χ3n) is 3.03. The molecule has 2 aromatic rings. The minimum atomic E-state index is -0.155. The van der Waals surface area contributed by atoms with Crippen molar-refractivity contribution < 1.29 is 0 Å². The Morgan fingerprint density at radius 2 is 2.21 bits per heavy atom. The molecule has 0 aliphatic heterocycles. The van der Waals surface area contributed by atoms with Crippen LogP contribution in [0.25, 0.3) is 0 Å². The van der Waals surface area contributed by atoms with Crippen LogP contribution in [0.15, 0.2) is 27.7 Å². The lowest BCUT2D eigenvalue weighted by Crippen LogP contribution is -2.31. The quantitative estimate of drug-likeness (QED) is 0.818. The van der Waals surface area contributed by atoms with Crippen molar-refractivity contribution in [3.05, 3.63) is 50.3 Å². The zero-order valence-electron chi connectivity index (χ0n) is 11.3. The first-order valence-electron chi connectivity index (χ1n) is 6.43. The molecule has 0 spiro atoms. The lowest BCUT2D eigenvalue weighted by atomic mass is 10.2. The summed E-state index contributed by atoms with van der Waals surface area (Å²) >= 11 is 1.72. The number of aromatic nitrogens is 2. The molecule has 0 radical (unpaired) electrons. The lowest BCUT2D eigenvalue weighted by molar-refractivity contribution is 0.565. The van der Waals surface area contributed by atoms with E-state index in [9.17, 15) is 4.79 Å². The van der Waals surface area contributed by atoms with Crippen molar-refractivity contribution >= 4 is 11.3 Å².